The van der Waals surface area contributed by atoms with E-state index in [1.807, 2.05) is 36.4 Å². The Morgan fingerprint density at radius 1 is 1.06 bits per heavy atom. The third-order valence-electron chi connectivity index (χ3n) is 6.44. The maximum absolute atomic E-state index is 12.5. The Labute approximate surface area is 194 Å². The summed E-state index contributed by atoms with van der Waals surface area (Å²) in [6, 6.07) is 16.1. The number of nitrogens with zero attached hydrogens (tertiary/aromatic N) is 2. The summed E-state index contributed by atoms with van der Waals surface area (Å²) in [6.45, 7) is 0.134. The first kappa shape index (κ1) is 21.6. The molecule has 2 aliphatic carbocycles. The first-order valence-electron chi connectivity index (χ1n) is 11.0. The number of nitrogens with one attached hydrogen (secondary N) is 3. The van der Waals surface area contributed by atoms with Gasteiger partial charge in [0.15, 0.2) is 0 Å². The van der Waals surface area contributed by atoms with Gasteiger partial charge in [0.05, 0.1) is 12.0 Å². The molecule has 10 nitrogen and oxygen atoms in total. The summed E-state index contributed by atoms with van der Waals surface area (Å²) in [5.74, 6) is -1.86. The molecular weight excluding hydrogens is 438 g/mol. The van der Waals surface area contributed by atoms with E-state index in [9.17, 15) is 14.4 Å². The molecule has 0 radical (unpaired) electrons. The average molecular weight is 461 g/mol. The number of aromatic nitrogens is 3. The molecule has 2 aliphatic rings. The van der Waals surface area contributed by atoms with Crippen molar-refractivity contribution in [3.8, 4) is 11.1 Å². The molecule has 3 aromatic rings. The molecule has 0 saturated heterocycles. The molecule has 1 heterocycles. The fourth-order valence-electron chi connectivity index (χ4n) is 4.68. The Morgan fingerprint density at radius 3 is 2.29 bits per heavy atom. The van der Waals surface area contributed by atoms with Crippen molar-refractivity contribution in [2.45, 2.75) is 37.1 Å². The molecule has 2 amide bonds. The van der Waals surface area contributed by atoms with Crippen LogP contribution in [-0.4, -0.2) is 50.4 Å². The summed E-state index contributed by atoms with van der Waals surface area (Å²) >= 11 is 0. The van der Waals surface area contributed by atoms with E-state index in [2.05, 4.69) is 37.9 Å². The molecule has 2 aromatic carbocycles. The zero-order valence-electron chi connectivity index (χ0n) is 18.2. The molecule has 0 aliphatic heterocycles. The number of rotatable bonds is 7. The lowest BCUT2D eigenvalue weighted by atomic mass is 9.74. The van der Waals surface area contributed by atoms with Gasteiger partial charge in [-0.3, -0.25) is 20.0 Å². The number of hydrogen-bond acceptors (Lipinski definition) is 6. The number of anilines is 1. The minimum Gasteiger partial charge on any atom is -0.481 e. The standard InChI is InChI=1S/C24H23N5O5/c30-19(31)12-24(10-5-11-24)27-21(32)20-25-22(29-28-20)26-23(33)34-13-18-16-8-3-1-6-14(16)15-7-2-4-9-17(15)18/h1-4,6-9,18H,5,10-13H2,(H,27,32)(H,30,31)(H2,25,26,28,29,33). The van der Waals surface area contributed by atoms with Gasteiger partial charge in [-0.05, 0) is 41.5 Å². The second kappa shape index (κ2) is 8.62. The van der Waals surface area contributed by atoms with E-state index >= 15 is 0 Å². The van der Waals surface area contributed by atoms with Gasteiger partial charge in [-0.25, -0.2) is 4.79 Å². The number of amides is 2. The lowest BCUT2D eigenvalue weighted by Gasteiger charge is -2.41. The highest BCUT2D eigenvalue weighted by molar-refractivity contribution is 5.92. The number of carbonyl (C=O) groups is 3. The summed E-state index contributed by atoms with van der Waals surface area (Å²) in [6.07, 6.45) is 1.12. The number of fused-ring (bicyclic) bond motifs is 3. The molecule has 174 valence electrons. The third-order valence-corrected chi connectivity index (χ3v) is 6.44. The zero-order chi connectivity index (χ0) is 23.7. The Bertz CT molecular complexity index is 1220. The predicted molar refractivity (Wildman–Crippen MR) is 121 cm³/mol. The maximum atomic E-state index is 12.5. The topological polar surface area (TPSA) is 146 Å². The summed E-state index contributed by atoms with van der Waals surface area (Å²) in [5.41, 5.74) is 3.68. The van der Waals surface area contributed by atoms with Crippen molar-refractivity contribution in [3.05, 3.63) is 65.5 Å². The van der Waals surface area contributed by atoms with Crippen molar-refractivity contribution in [1.82, 2.24) is 20.5 Å². The van der Waals surface area contributed by atoms with Crippen LogP contribution in [0.25, 0.3) is 11.1 Å². The second-order valence-corrected chi connectivity index (χ2v) is 8.62. The van der Waals surface area contributed by atoms with Crippen LogP contribution in [0.15, 0.2) is 48.5 Å². The minimum absolute atomic E-state index is 0.0838. The Morgan fingerprint density at radius 2 is 1.71 bits per heavy atom. The molecule has 5 rings (SSSR count). The van der Waals surface area contributed by atoms with Gasteiger partial charge in [-0.1, -0.05) is 48.5 Å². The molecule has 1 aromatic heterocycles. The van der Waals surface area contributed by atoms with E-state index in [4.69, 9.17) is 9.84 Å². The molecule has 1 fully saturated rings. The number of ether oxygens (including phenoxy) is 1. The van der Waals surface area contributed by atoms with Crippen molar-refractivity contribution in [2.75, 3.05) is 11.9 Å². The van der Waals surface area contributed by atoms with Gasteiger partial charge < -0.3 is 15.2 Å². The van der Waals surface area contributed by atoms with Crippen LogP contribution in [-0.2, 0) is 9.53 Å². The highest BCUT2D eigenvalue weighted by atomic mass is 16.5. The fourth-order valence-corrected chi connectivity index (χ4v) is 4.68. The number of aromatic amines is 1. The number of benzene rings is 2. The lowest BCUT2D eigenvalue weighted by Crippen LogP contribution is -2.54. The van der Waals surface area contributed by atoms with Gasteiger partial charge in [0.25, 0.3) is 11.9 Å². The number of hydrogen-bond donors (Lipinski definition) is 4. The number of carboxylic acid groups (broad SMARTS) is 1. The van der Waals surface area contributed by atoms with Crippen LogP contribution in [0.4, 0.5) is 10.7 Å². The Balaban J connectivity index is 1.20. The summed E-state index contributed by atoms with van der Waals surface area (Å²) in [4.78, 5) is 40.0. The van der Waals surface area contributed by atoms with Gasteiger partial charge in [0.1, 0.15) is 6.61 Å². The van der Waals surface area contributed by atoms with Crippen molar-refractivity contribution in [3.63, 3.8) is 0 Å². The Hall–Kier alpha value is -4.21. The second-order valence-electron chi connectivity index (χ2n) is 8.62. The van der Waals surface area contributed by atoms with E-state index in [1.165, 1.54) is 0 Å². The molecule has 0 spiro atoms. The summed E-state index contributed by atoms with van der Waals surface area (Å²) < 4.78 is 5.45. The average Bonchev–Trinajstić information content (AvgIpc) is 3.39. The highest BCUT2D eigenvalue weighted by Gasteiger charge is 2.41. The van der Waals surface area contributed by atoms with Crippen LogP contribution in [0.2, 0.25) is 0 Å². The highest BCUT2D eigenvalue weighted by Crippen LogP contribution is 2.44. The zero-order valence-corrected chi connectivity index (χ0v) is 18.2. The van der Waals surface area contributed by atoms with Gasteiger partial charge in [-0.2, -0.15) is 4.98 Å². The quantitative estimate of drug-likeness (QED) is 0.422. The van der Waals surface area contributed by atoms with E-state index in [0.717, 1.165) is 28.7 Å². The monoisotopic (exact) mass is 461 g/mol. The smallest absolute Gasteiger partial charge is 0.414 e. The van der Waals surface area contributed by atoms with Gasteiger partial charge in [-0.15, -0.1) is 5.10 Å². The van der Waals surface area contributed by atoms with Crippen LogP contribution in [0.1, 0.15) is 53.3 Å². The molecule has 0 unspecified atom stereocenters. The molecule has 0 atom stereocenters. The van der Waals surface area contributed by atoms with Crippen LogP contribution in [0.3, 0.4) is 0 Å². The van der Waals surface area contributed by atoms with Crippen LogP contribution in [0, 0.1) is 0 Å². The van der Waals surface area contributed by atoms with E-state index in [0.29, 0.717) is 12.8 Å². The van der Waals surface area contributed by atoms with Crippen molar-refractivity contribution < 1.29 is 24.2 Å². The van der Waals surface area contributed by atoms with Crippen LogP contribution < -0.4 is 10.6 Å². The van der Waals surface area contributed by atoms with Crippen molar-refractivity contribution >= 4 is 23.9 Å². The van der Waals surface area contributed by atoms with Gasteiger partial charge in [0.2, 0.25) is 5.82 Å². The molecule has 0 bridgehead atoms. The molecular formula is C24H23N5O5. The Kier molecular flexibility index (Phi) is 5.48. The normalized spacial score (nSPS) is 15.5. The summed E-state index contributed by atoms with van der Waals surface area (Å²) in [5, 5.41) is 20.5. The first-order valence-corrected chi connectivity index (χ1v) is 11.0. The van der Waals surface area contributed by atoms with E-state index in [-0.39, 0.29) is 30.7 Å². The predicted octanol–water partition coefficient (Wildman–Crippen LogP) is 3.29. The molecule has 1 saturated carbocycles. The number of carboxylic acids is 1. The van der Waals surface area contributed by atoms with Gasteiger partial charge in [0, 0.05) is 5.92 Å². The van der Waals surface area contributed by atoms with Crippen LogP contribution >= 0.6 is 0 Å². The van der Waals surface area contributed by atoms with Crippen molar-refractivity contribution in [1.29, 1.82) is 0 Å². The number of aliphatic carboxylic acids is 1. The third kappa shape index (κ3) is 4.09. The van der Waals surface area contributed by atoms with Crippen LogP contribution in [0.5, 0.6) is 0 Å². The molecule has 4 N–H and O–H groups in total. The fraction of sp³-hybridized carbons (Fsp3) is 0.292. The molecule has 34 heavy (non-hydrogen) atoms. The van der Waals surface area contributed by atoms with Crippen molar-refractivity contribution in [2.24, 2.45) is 0 Å². The first-order chi connectivity index (χ1) is 16.4. The largest absolute Gasteiger partial charge is 0.481 e. The summed E-state index contributed by atoms with van der Waals surface area (Å²) in [7, 11) is 0. The minimum atomic E-state index is -0.977. The maximum Gasteiger partial charge on any atom is 0.414 e. The van der Waals surface area contributed by atoms with E-state index < -0.39 is 23.5 Å². The molecule has 10 heteroatoms. The SMILES string of the molecule is O=C(O)CC1(NC(=O)c2nc(NC(=O)OCC3c4ccccc4-c4ccccc43)n[nH]2)CCC1. The van der Waals surface area contributed by atoms with E-state index in [1.54, 1.807) is 0 Å². The lowest BCUT2D eigenvalue weighted by molar-refractivity contribution is -0.139. The van der Waals surface area contributed by atoms with Gasteiger partial charge >= 0.3 is 12.1 Å². The number of carbonyl (C=O) groups excluding carboxylic acids is 2. The number of H-pyrrole nitrogens is 1.